The number of aliphatic hydroxyl groups is 1. The van der Waals surface area contributed by atoms with Gasteiger partial charge in [0.25, 0.3) is 5.91 Å². The maximum Gasteiger partial charge on any atom is 0.274 e. The van der Waals surface area contributed by atoms with Crippen molar-refractivity contribution in [2.24, 2.45) is 0 Å². The van der Waals surface area contributed by atoms with Gasteiger partial charge in [0.05, 0.1) is 11.6 Å². The van der Waals surface area contributed by atoms with Crippen LogP contribution in [-0.4, -0.2) is 26.0 Å². The van der Waals surface area contributed by atoms with Gasteiger partial charge < -0.3 is 10.4 Å². The lowest BCUT2D eigenvalue weighted by Crippen LogP contribution is -2.24. The van der Waals surface area contributed by atoms with E-state index in [1.54, 1.807) is 36.4 Å². The Labute approximate surface area is 147 Å². The highest BCUT2D eigenvalue weighted by Gasteiger charge is 2.19. The fraction of sp³-hybridized carbons (Fsp3) is 0.118. The van der Waals surface area contributed by atoms with Crippen LogP contribution >= 0.6 is 11.6 Å². The van der Waals surface area contributed by atoms with E-state index in [0.29, 0.717) is 10.7 Å². The van der Waals surface area contributed by atoms with E-state index in [9.17, 15) is 14.3 Å². The van der Waals surface area contributed by atoms with Crippen molar-refractivity contribution in [1.82, 2.24) is 20.3 Å². The molecule has 3 aromatic rings. The Morgan fingerprint density at radius 2 is 1.88 bits per heavy atom. The molecule has 1 heterocycles. The minimum absolute atomic E-state index is 0.00420. The molecule has 3 rings (SSSR count). The number of aliphatic hydroxyl groups excluding tert-OH is 1. The molecule has 2 N–H and O–H groups in total. The minimum atomic E-state index is -0.494. The topological polar surface area (TPSA) is 80.0 Å². The van der Waals surface area contributed by atoms with Gasteiger partial charge in [0, 0.05) is 6.54 Å². The predicted molar refractivity (Wildman–Crippen MR) is 89.9 cm³/mol. The summed E-state index contributed by atoms with van der Waals surface area (Å²) in [5, 5.41) is 20.8. The maximum absolute atomic E-state index is 12.9. The van der Waals surface area contributed by atoms with Gasteiger partial charge in [0.15, 0.2) is 5.69 Å². The molecule has 128 valence electrons. The molecule has 0 aliphatic heterocycles. The molecule has 25 heavy (non-hydrogen) atoms. The smallest absolute Gasteiger partial charge is 0.274 e. The molecule has 0 atom stereocenters. The van der Waals surface area contributed by atoms with Crippen LogP contribution in [0.2, 0.25) is 5.02 Å². The van der Waals surface area contributed by atoms with Crippen LogP contribution in [0.4, 0.5) is 4.39 Å². The number of nitrogens with one attached hydrogen (secondary N) is 1. The van der Waals surface area contributed by atoms with E-state index in [0.717, 1.165) is 5.56 Å². The first-order valence-electron chi connectivity index (χ1n) is 7.43. The Kier molecular flexibility index (Phi) is 5.06. The molecule has 0 saturated carbocycles. The monoisotopic (exact) mass is 360 g/mol. The van der Waals surface area contributed by atoms with E-state index in [2.05, 4.69) is 15.5 Å². The Hall–Kier alpha value is -2.77. The predicted octanol–water partition coefficient (Wildman–Crippen LogP) is 2.48. The van der Waals surface area contributed by atoms with Crippen LogP contribution in [0.15, 0.2) is 48.5 Å². The molecule has 1 aromatic heterocycles. The molecular weight excluding hydrogens is 347 g/mol. The van der Waals surface area contributed by atoms with Gasteiger partial charge in [-0.3, -0.25) is 4.79 Å². The number of nitrogens with zero attached hydrogens (tertiary/aromatic N) is 3. The highest BCUT2D eigenvalue weighted by Crippen LogP contribution is 2.19. The first kappa shape index (κ1) is 17.1. The van der Waals surface area contributed by atoms with Crippen molar-refractivity contribution in [3.63, 3.8) is 0 Å². The van der Waals surface area contributed by atoms with E-state index in [1.807, 2.05) is 0 Å². The number of halogens is 2. The summed E-state index contributed by atoms with van der Waals surface area (Å²) in [6.45, 7) is -0.243. The average Bonchev–Trinajstić information content (AvgIpc) is 3.05. The average molecular weight is 361 g/mol. The quantitative estimate of drug-likeness (QED) is 0.732. The van der Waals surface area contributed by atoms with Gasteiger partial charge in [0.1, 0.15) is 17.2 Å². The summed E-state index contributed by atoms with van der Waals surface area (Å²) in [5.41, 5.74) is 1.37. The van der Waals surface area contributed by atoms with Crippen molar-refractivity contribution in [3.8, 4) is 5.69 Å². The van der Waals surface area contributed by atoms with Crippen LogP contribution in [0.1, 0.15) is 21.7 Å². The molecule has 0 spiro atoms. The molecular formula is C17H14ClFN4O2. The second-order valence-electron chi connectivity index (χ2n) is 5.20. The van der Waals surface area contributed by atoms with Gasteiger partial charge in [-0.2, -0.15) is 0 Å². The van der Waals surface area contributed by atoms with Gasteiger partial charge in [-0.05, 0) is 29.8 Å². The van der Waals surface area contributed by atoms with E-state index in [-0.39, 0.29) is 23.7 Å². The summed E-state index contributed by atoms with van der Waals surface area (Å²) in [6.07, 6.45) is 0. The summed E-state index contributed by atoms with van der Waals surface area (Å²) >= 11 is 6.10. The summed E-state index contributed by atoms with van der Waals surface area (Å²) in [5.74, 6) is -0.841. The zero-order chi connectivity index (χ0) is 17.8. The molecule has 1 amide bonds. The number of benzene rings is 2. The van der Waals surface area contributed by atoms with Gasteiger partial charge in [-0.1, -0.05) is 35.9 Å². The lowest BCUT2D eigenvalue weighted by atomic mass is 10.2. The molecule has 0 fully saturated rings. The number of hydrogen-bond donors (Lipinski definition) is 2. The molecule has 0 radical (unpaired) electrons. The number of para-hydroxylation sites is 1. The lowest BCUT2D eigenvalue weighted by molar-refractivity contribution is 0.0942. The Morgan fingerprint density at radius 3 is 2.56 bits per heavy atom. The molecule has 0 aliphatic carbocycles. The summed E-state index contributed by atoms with van der Waals surface area (Å²) in [6, 6.07) is 12.7. The van der Waals surface area contributed by atoms with E-state index >= 15 is 0 Å². The van der Waals surface area contributed by atoms with Crippen molar-refractivity contribution in [1.29, 1.82) is 0 Å². The van der Waals surface area contributed by atoms with Crippen LogP contribution in [0.3, 0.4) is 0 Å². The number of hydrogen-bond acceptors (Lipinski definition) is 4. The molecule has 0 aliphatic rings. The molecule has 0 bridgehead atoms. The summed E-state index contributed by atoms with van der Waals surface area (Å²) in [4.78, 5) is 13.6. The van der Waals surface area contributed by atoms with Crippen molar-refractivity contribution >= 4 is 17.5 Å². The van der Waals surface area contributed by atoms with E-state index in [4.69, 9.17) is 11.6 Å². The molecule has 6 nitrogen and oxygen atoms in total. The zero-order valence-electron chi connectivity index (χ0n) is 13.0. The van der Waals surface area contributed by atoms with E-state index in [1.165, 1.54) is 16.9 Å². The third kappa shape index (κ3) is 3.84. The lowest BCUT2D eigenvalue weighted by Gasteiger charge is -2.04. The fourth-order valence-corrected chi connectivity index (χ4v) is 2.42. The Balaban J connectivity index is 1.80. The van der Waals surface area contributed by atoms with Crippen molar-refractivity contribution < 1.29 is 14.3 Å². The Bertz CT molecular complexity index is 896. The normalized spacial score (nSPS) is 10.7. The number of carbonyl (C=O) groups is 1. The third-order valence-electron chi connectivity index (χ3n) is 3.48. The highest BCUT2D eigenvalue weighted by molar-refractivity contribution is 6.32. The van der Waals surface area contributed by atoms with Gasteiger partial charge in [-0.15, -0.1) is 15.0 Å². The first-order valence-corrected chi connectivity index (χ1v) is 7.81. The summed E-state index contributed by atoms with van der Waals surface area (Å²) in [7, 11) is 0. The van der Waals surface area contributed by atoms with Gasteiger partial charge >= 0.3 is 0 Å². The van der Waals surface area contributed by atoms with E-state index < -0.39 is 12.5 Å². The SMILES string of the molecule is O=C(NCc1ccc(F)cc1)c1nn(-c2ccccc2Cl)nc1CO. The van der Waals surface area contributed by atoms with Crippen LogP contribution < -0.4 is 5.32 Å². The standard InChI is InChI=1S/C17H14ClFN4O2/c18-13-3-1-2-4-15(13)23-21-14(10-24)16(22-23)17(25)20-9-11-5-7-12(19)8-6-11/h1-8,24H,9-10H2,(H,20,25). The minimum Gasteiger partial charge on any atom is -0.390 e. The van der Waals surface area contributed by atoms with Gasteiger partial charge in [-0.25, -0.2) is 4.39 Å². The number of carbonyl (C=O) groups excluding carboxylic acids is 1. The third-order valence-corrected chi connectivity index (χ3v) is 3.80. The molecule has 8 heteroatoms. The van der Waals surface area contributed by atoms with Crippen molar-refractivity contribution in [3.05, 3.63) is 76.3 Å². The van der Waals surface area contributed by atoms with Crippen LogP contribution in [0.25, 0.3) is 5.69 Å². The largest absolute Gasteiger partial charge is 0.390 e. The zero-order valence-corrected chi connectivity index (χ0v) is 13.7. The number of rotatable bonds is 5. The number of aromatic nitrogens is 3. The highest BCUT2D eigenvalue weighted by atomic mass is 35.5. The maximum atomic E-state index is 12.9. The van der Waals surface area contributed by atoms with Crippen LogP contribution in [-0.2, 0) is 13.2 Å². The second-order valence-corrected chi connectivity index (χ2v) is 5.61. The molecule has 0 saturated heterocycles. The summed E-state index contributed by atoms with van der Waals surface area (Å²) < 4.78 is 12.9. The fourth-order valence-electron chi connectivity index (χ4n) is 2.21. The van der Waals surface area contributed by atoms with Crippen LogP contribution in [0, 0.1) is 5.82 Å². The van der Waals surface area contributed by atoms with Crippen LogP contribution in [0.5, 0.6) is 0 Å². The van der Waals surface area contributed by atoms with Crippen molar-refractivity contribution in [2.45, 2.75) is 13.2 Å². The van der Waals surface area contributed by atoms with Crippen molar-refractivity contribution in [2.75, 3.05) is 0 Å². The Morgan fingerprint density at radius 1 is 1.16 bits per heavy atom. The molecule has 0 unspecified atom stereocenters. The second kappa shape index (κ2) is 7.42. The first-order chi connectivity index (χ1) is 12.1. The molecule has 2 aromatic carbocycles. The van der Waals surface area contributed by atoms with Gasteiger partial charge in [0.2, 0.25) is 0 Å². The number of amides is 1.